The molecule has 0 fully saturated rings. The van der Waals surface area contributed by atoms with Gasteiger partial charge in [-0.25, -0.2) is 13.6 Å². The summed E-state index contributed by atoms with van der Waals surface area (Å²) in [6.45, 7) is 1.49. The number of ketones is 1. The minimum absolute atomic E-state index is 0.000424. The van der Waals surface area contributed by atoms with Crippen molar-refractivity contribution in [2.24, 2.45) is 0 Å². The van der Waals surface area contributed by atoms with Gasteiger partial charge in [0.1, 0.15) is 6.07 Å². The normalized spacial score (nSPS) is 11.8. The Morgan fingerprint density at radius 1 is 1.12 bits per heavy atom. The molecular formula is C24H17ClF2N2O4. The number of nitrogens with zero attached hydrogens (tertiary/aromatic N) is 2. The second-order valence-corrected chi connectivity index (χ2v) is 7.75. The Morgan fingerprint density at radius 2 is 1.79 bits per heavy atom. The summed E-state index contributed by atoms with van der Waals surface area (Å²) in [5.41, 5.74) is -0.481. The van der Waals surface area contributed by atoms with Crippen molar-refractivity contribution in [3.8, 4) is 17.2 Å². The lowest BCUT2D eigenvalue weighted by molar-refractivity contribution is -0.121. The number of aromatic carboxylic acids is 1. The average Bonchev–Trinajstić information content (AvgIpc) is 2.78. The van der Waals surface area contributed by atoms with Crippen LogP contribution in [-0.2, 0) is 11.2 Å². The van der Waals surface area contributed by atoms with Gasteiger partial charge in [-0.3, -0.25) is 9.59 Å². The van der Waals surface area contributed by atoms with Crippen molar-refractivity contribution in [3.63, 3.8) is 0 Å². The Kier molecular flexibility index (Phi) is 7.04. The van der Waals surface area contributed by atoms with E-state index in [1.54, 1.807) is 0 Å². The first-order valence-corrected chi connectivity index (χ1v) is 10.1. The molecule has 0 aliphatic carbocycles. The molecule has 0 aliphatic rings. The van der Waals surface area contributed by atoms with Gasteiger partial charge in [-0.2, -0.15) is 5.26 Å². The van der Waals surface area contributed by atoms with Gasteiger partial charge in [0.25, 0.3) is 12.0 Å². The Hall–Kier alpha value is -3.83. The molecule has 168 valence electrons. The molecule has 6 nitrogen and oxygen atoms in total. The molecule has 9 heteroatoms. The monoisotopic (exact) mass is 470 g/mol. The van der Waals surface area contributed by atoms with Crippen molar-refractivity contribution in [1.29, 1.82) is 5.26 Å². The van der Waals surface area contributed by atoms with Crippen molar-refractivity contribution >= 4 is 23.4 Å². The van der Waals surface area contributed by atoms with Gasteiger partial charge in [0.15, 0.2) is 5.78 Å². The number of nitriles is 1. The van der Waals surface area contributed by atoms with Crippen molar-refractivity contribution < 1.29 is 23.5 Å². The van der Waals surface area contributed by atoms with Crippen LogP contribution in [0.15, 0.2) is 59.5 Å². The zero-order valence-electron chi connectivity index (χ0n) is 17.3. The fourth-order valence-electron chi connectivity index (χ4n) is 3.38. The first-order chi connectivity index (χ1) is 15.6. The zero-order chi connectivity index (χ0) is 24.3. The summed E-state index contributed by atoms with van der Waals surface area (Å²) >= 11 is 5.95. The number of carbonyl (C=O) groups is 2. The van der Waals surface area contributed by atoms with Crippen LogP contribution >= 0.6 is 11.6 Å². The van der Waals surface area contributed by atoms with Gasteiger partial charge >= 0.3 is 5.97 Å². The van der Waals surface area contributed by atoms with E-state index in [0.717, 1.165) is 16.7 Å². The first kappa shape index (κ1) is 23.8. The highest BCUT2D eigenvalue weighted by Gasteiger charge is 2.22. The van der Waals surface area contributed by atoms with Crippen LogP contribution < -0.4 is 5.56 Å². The maximum Gasteiger partial charge on any atom is 0.335 e. The van der Waals surface area contributed by atoms with Crippen LogP contribution in [0.1, 0.15) is 46.4 Å². The van der Waals surface area contributed by atoms with E-state index in [-0.39, 0.29) is 45.0 Å². The summed E-state index contributed by atoms with van der Waals surface area (Å²) in [4.78, 5) is 36.5. The van der Waals surface area contributed by atoms with Gasteiger partial charge in [0.2, 0.25) is 0 Å². The molecular weight excluding hydrogens is 454 g/mol. The largest absolute Gasteiger partial charge is 0.478 e. The van der Waals surface area contributed by atoms with Crippen LogP contribution in [0.5, 0.6) is 0 Å². The molecule has 1 aromatic heterocycles. The number of carbonyl (C=O) groups excluding carboxylic acids is 1. The Morgan fingerprint density at radius 3 is 2.36 bits per heavy atom. The standard InChI is InChI=1S/C24H17ClF2N2O4/c1-13(21(30)8-14-2-4-15(5-3-14)24(32)33)29-12-16(11-28)19(10-22(29)31)20-9-17(25)6-7-18(20)23(26)27/h2-7,9-10,12-13,23H,8H2,1H3,(H,32,33). The van der Waals surface area contributed by atoms with E-state index >= 15 is 0 Å². The number of pyridine rings is 1. The summed E-state index contributed by atoms with van der Waals surface area (Å²) < 4.78 is 28.0. The molecule has 1 heterocycles. The van der Waals surface area contributed by atoms with Crippen LogP contribution in [-0.4, -0.2) is 21.4 Å². The van der Waals surface area contributed by atoms with Gasteiger partial charge in [-0.05, 0) is 42.3 Å². The fourth-order valence-corrected chi connectivity index (χ4v) is 3.56. The molecule has 0 aliphatic heterocycles. The number of hydrogen-bond donors (Lipinski definition) is 1. The quantitative estimate of drug-likeness (QED) is 0.521. The predicted octanol–water partition coefficient (Wildman–Crippen LogP) is 5.05. The summed E-state index contributed by atoms with van der Waals surface area (Å²) in [6, 6.07) is 11.4. The smallest absolute Gasteiger partial charge is 0.335 e. The number of halogens is 3. The number of aromatic nitrogens is 1. The lowest BCUT2D eigenvalue weighted by Crippen LogP contribution is -2.29. The van der Waals surface area contributed by atoms with Crippen LogP contribution in [0.4, 0.5) is 8.78 Å². The highest BCUT2D eigenvalue weighted by Crippen LogP contribution is 2.34. The van der Waals surface area contributed by atoms with E-state index < -0.39 is 24.0 Å². The Bertz CT molecular complexity index is 1330. The fraction of sp³-hybridized carbons (Fsp3) is 0.167. The average molecular weight is 471 g/mol. The van der Waals surface area contributed by atoms with E-state index in [1.807, 2.05) is 6.07 Å². The molecule has 1 unspecified atom stereocenters. The molecule has 0 bridgehead atoms. The molecule has 0 amide bonds. The van der Waals surface area contributed by atoms with Gasteiger partial charge in [-0.1, -0.05) is 29.8 Å². The highest BCUT2D eigenvalue weighted by molar-refractivity contribution is 6.30. The number of rotatable bonds is 7. The van der Waals surface area contributed by atoms with E-state index in [9.17, 15) is 28.4 Å². The maximum atomic E-state index is 13.5. The molecule has 0 saturated heterocycles. The van der Waals surface area contributed by atoms with E-state index in [2.05, 4.69) is 0 Å². The minimum atomic E-state index is -2.85. The van der Waals surface area contributed by atoms with Crippen LogP contribution in [0.2, 0.25) is 5.02 Å². The number of alkyl halides is 2. The van der Waals surface area contributed by atoms with Gasteiger partial charge in [-0.15, -0.1) is 0 Å². The third-order valence-corrected chi connectivity index (χ3v) is 5.44. The van der Waals surface area contributed by atoms with Crippen LogP contribution in [0.3, 0.4) is 0 Å². The topological polar surface area (TPSA) is 100 Å². The van der Waals surface area contributed by atoms with Gasteiger partial charge in [0.05, 0.1) is 17.2 Å². The van der Waals surface area contributed by atoms with Crippen LogP contribution in [0, 0.1) is 11.3 Å². The first-order valence-electron chi connectivity index (χ1n) is 9.71. The molecule has 3 rings (SSSR count). The summed E-state index contributed by atoms with van der Waals surface area (Å²) in [7, 11) is 0. The number of carboxylic acids is 1. The van der Waals surface area contributed by atoms with Crippen molar-refractivity contribution in [2.45, 2.75) is 25.8 Å². The lowest BCUT2D eigenvalue weighted by atomic mass is 9.96. The third-order valence-electron chi connectivity index (χ3n) is 5.20. The number of hydrogen-bond acceptors (Lipinski definition) is 4. The van der Waals surface area contributed by atoms with Gasteiger partial charge < -0.3 is 9.67 Å². The number of Topliss-reactive ketones (excluding diaryl/α,β-unsaturated/α-hetero) is 1. The third kappa shape index (κ3) is 5.16. The Labute approximate surface area is 192 Å². The molecule has 0 saturated carbocycles. The molecule has 3 aromatic rings. The maximum absolute atomic E-state index is 13.5. The second-order valence-electron chi connectivity index (χ2n) is 7.31. The molecule has 1 N–H and O–H groups in total. The van der Waals surface area contributed by atoms with Gasteiger partial charge in [0, 0.05) is 34.8 Å². The highest BCUT2D eigenvalue weighted by atomic mass is 35.5. The SMILES string of the molecule is CC(C(=O)Cc1ccc(C(=O)O)cc1)n1cc(C#N)c(-c2cc(Cl)ccc2C(F)F)cc1=O. The summed E-state index contributed by atoms with van der Waals surface area (Å²) in [5, 5.41) is 18.7. The number of carboxylic acid groups (broad SMARTS) is 1. The second kappa shape index (κ2) is 9.76. The summed E-state index contributed by atoms with van der Waals surface area (Å²) in [6.07, 6.45) is -1.75. The van der Waals surface area contributed by atoms with E-state index in [4.69, 9.17) is 16.7 Å². The zero-order valence-corrected chi connectivity index (χ0v) is 18.0. The Balaban J connectivity index is 1.96. The molecule has 0 radical (unpaired) electrons. The van der Waals surface area contributed by atoms with Crippen molar-refractivity contribution in [3.05, 3.63) is 92.4 Å². The molecule has 2 aromatic carbocycles. The van der Waals surface area contributed by atoms with E-state index in [1.165, 1.54) is 49.5 Å². The predicted molar refractivity (Wildman–Crippen MR) is 118 cm³/mol. The molecule has 1 atom stereocenters. The van der Waals surface area contributed by atoms with E-state index in [0.29, 0.717) is 5.56 Å². The lowest BCUT2D eigenvalue weighted by Gasteiger charge is -2.17. The van der Waals surface area contributed by atoms with Crippen LogP contribution in [0.25, 0.3) is 11.1 Å². The minimum Gasteiger partial charge on any atom is -0.478 e. The molecule has 0 spiro atoms. The number of benzene rings is 2. The van der Waals surface area contributed by atoms with Crippen molar-refractivity contribution in [1.82, 2.24) is 4.57 Å². The van der Waals surface area contributed by atoms with Crippen molar-refractivity contribution in [2.75, 3.05) is 0 Å². The molecule has 33 heavy (non-hydrogen) atoms. The summed E-state index contributed by atoms with van der Waals surface area (Å²) in [5.74, 6) is -1.44.